The quantitative estimate of drug-likeness (QED) is 0.440. The van der Waals surface area contributed by atoms with Crippen molar-refractivity contribution in [2.24, 2.45) is 5.10 Å². The van der Waals surface area contributed by atoms with Crippen LogP contribution in [-0.4, -0.2) is 19.2 Å². The molecule has 0 saturated carbocycles. The molecule has 0 aromatic heterocycles. The number of hydrogen-bond donors (Lipinski definition) is 1. The molecule has 5 heteroatoms. The molecule has 0 fully saturated rings. The predicted octanol–water partition coefficient (Wildman–Crippen LogP) is 4.89. The minimum absolute atomic E-state index is 0.234. The maximum Gasteiger partial charge on any atom is 0.271 e. The summed E-state index contributed by atoms with van der Waals surface area (Å²) >= 11 is 1.85. The summed E-state index contributed by atoms with van der Waals surface area (Å²) in [5.74, 6) is 2.39. The van der Waals surface area contributed by atoms with Crippen LogP contribution in [-0.2, 0) is 11.5 Å². The summed E-state index contributed by atoms with van der Waals surface area (Å²) in [5.41, 5.74) is 6.50. The zero-order valence-electron chi connectivity index (χ0n) is 15.7. The number of hydrazone groups is 1. The van der Waals surface area contributed by atoms with Gasteiger partial charge in [-0.15, -0.1) is 0 Å². The molecular formula is C23H22N2O2S. The number of ether oxygens (including phenoxy) is 1. The third-order valence-corrected chi connectivity index (χ3v) is 5.14. The summed E-state index contributed by atoms with van der Waals surface area (Å²) in [4.78, 5) is 12.2. The highest BCUT2D eigenvalue weighted by Gasteiger charge is 2.04. The van der Waals surface area contributed by atoms with Gasteiger partial charge in [0.25, 0.3) is 5.91 Å². The fourth-order valence-electron chi connectivity index (χ4n) is 2.57. The van der Waals surface area contributed by atoms with Gasteiger partial charge in [0.1, 0.15) is 5.75 Å². The van der Waals surface area contributed by atoms with Crippen LogP contribution in [0.15, 0.2) is 84.0 Å². The molecule has 0 heterocycles. The van der Waals surface area contributed by atoms with Gasteiger partial charge >= 0.3 is 0 Å². The van der Waals surface area contributed by atoms with Gasteiger partial charge in [-0.1, -0.05) is 54.6 Å². The number of rotatable bonds is 8. The number of nitrogens with zero attached hydrogens (tertiary/aromatic N) is 1. The third kappa shape index (κ3) is 5.99. The standard InChI is InChI=1S/C23H22N2O2S/c1-27-22-9-5-8-20(14-22)15-24-25-23(26)21-12-10-19(11-13-21)17-28-16-18-6-3-2-4-7-18/h2-15H,16-17H2,1H3,(H,25,26)/b24-15+. The highest BCUT2D eigenvalue weighted by Crippen LogP contribution is 2.18. The molecule has 28 heavy (non-hydrogen) atoms. The molecule has 0 aliphatic carbocycles. The molecule has 0 aliphatic rings. The van der Waals surface area contributed by atoms with E-state index in [2.05, 4.69) is 34.8 Å². The second kappa shape index (κ2) is 10.3. The first kappa shape index (κ1) is 19.7. The van der Waals surface area contributed by atoms with Gasteiger partial charge in [-0.25, -0.2) is 5.43 Å². The highest BCUT2D eigenvalue weighted by molar-refractivity contribution is 7.97. The lowest BCUT2D eigenvalue weighted by Crippen LogP contribution is -2.17. The second-order valence-electron chi connectivity index (χ2n) is 6.15. The van der Waals surface area contributed by atoms with Gasteiger partial charge < -0.3 is 4.74 Å². The number of nitrogens with one attached hydrogen (secondary N) is 1. The van der Waals surface area contributed by atoms with E-state index < -0.39 is 0 Å². The molecule has 0 radical (unpaired) electrons. The van der Waals surface area contributed by atoms with Gasteiger partial charge in [-0.3, -0.25) is 4.79 Å². The van der Waals surface area contributed by atoms with Crippen LogP contribution in [0.1, 0.15) is 27.0 Å². The zero-order chi connectivity index (χ0) is 19.6. The normalized spacial score (nSPS) is 10.8. The van der Waals surface area contributed by atoms with Crippen molar-refractivity contribution < 1.29 is 9.53 Å². The summed E-state index contributed by atoms with van der Waals surface area (Å²) in [5, 5.41) is 4.01. The molecule has 4 nitrogen and oxygen atoms in total. The topological polar surface area (TPSA) is 50.7 Å². The first-order valence-corrected chi connectivity index (χ1v) is 10.1. The zero-order valence-corrected chi connectivity index (χ0v) is 16.5. The molecular weight excluding hydrogens is 368 g/mol. The summed E-state index contributed by atoms with van der Waals surface area (Å²) in [7, 11) is 1.61. The van der Waals surface area contributed by atoms with Crippen LogP contribution >= 0.6 is 11.8 Å². The number of amides is 1. The Morgan fingerprint density at radius 1 is 0.964 bits per heavy atom. The maximum absolute atomic E-state index is 12.2. The van der Waals surface area contributed by atoms with Crippen molar-refractivity contribution in [3.05, 3.63) is 101 Å². The van der Waals surface area contributed by atoms with Crippen molar-refractivity contribution in [2.75, 3.05) is 7.11 Å². The van der Waals surface area contributed by atoms with E-state index in [1.54, 1.807) is 13.3 Å². The Morgan fingerprint density at radius 3 is 2.39 bits per heavy atom. The van der Waals surface area contributed by atoms with Gasteiger partial charge in [0.2, 0.25) is 0 Å². The van der Waals surface area contributed by atoms with E-state index in [9.17, 15) is 4.79 Å². The minimum Gasteiger partial charge on any atom is -0.497 e. The molecule has 0 unspecified atom stereocenters. The molecule has 0 aliphatic heterocycles. The van der Waals surface area contributed by atoms with E-state index >= 15 is 0 Å². The lowest BCUT2D eigenvalue weighted by molar-refractivity contribution is 0.0955. The van der Waals surface area contributed by atoms with Crippen molar-refractivity contribution >= 4 is 23.9 Å². The smallest absolute Gasteiger partial charge is 0.271 e. The third-order valence-electron chi connectivity index (χ3n) is 4.07. The van der Waals surface area contributed by atoms with Crippen molar-refractivity contribution in [1.82, 2.24) is 5.43 Å². The monoisotopic (exact) mass is 390 g/mol. The van der Waals surface area contributed by atoms with Crippen LogP contribution in [0.3, 0.4) is 0 Å². The van der Waals surface area contributed by atoms with Gasteiger partial charge in [-0.05, 0) is 41.0 Å². The fourth-order valence-corrected chi connectivity index (χ4v) is 3.52. The fraction of sp³-hybridized carbons (Fsp3) is 0.130. The minimum atomic E-state index is -0.234. The van der Waals surface area contributed by atoms with E-state index in [4.69, 9.17) is 4.74 Å². The molecule has 0 atom stereocenters. The van der Waals surface area contributed by atoms with Gasteiger partial charge in [0.15, 0.2) is 0 Å². The molecule has 0 bridgehead atoms. The largest absolute Gasteiger partial charge is 0.497 e. The lowest BCUT2D eigenvalue weighted by Gasteiger charge is -2.04. The number of thioether (sulfide) groups is 1. The van der Waals surface area contributed by atoms with Gasteiger partial charge in [0.05, 0.1) is 13.3 Å². The summed E-state index contributed by atoms with van der Waals surface area (Å²) in [6.45, 7) is 0. The van der Waals surface area contributed by atoms with Crippen LogP contribution in [0.4, 0.5) is 0 Å². The Bertz CT molecular complexity index is 925. The molecule has 3 aromatic rings. The molecule has 3 aromatic carbocycles. The van der Waals surface area contributed by atoms with Crippen molar-refractivity contribution in [3.63, 3.8) is 0 Å². The Balaban J connectivity index is 1.48. The van der Waals surface area contributed by atoms with Crippen molar-refractivity contribution in [2.45, 2.75) is 11.5 Å². The lowest BCUT2D eigenvalue weighted by atomic mass is 10.1. The van der Waals surface area contributed by atoms with E-state index in [0.29, 0.717) is 5.56 Å². The van der Waals surface area contributed by atoms with Crippen molar-refractivity contribution in [1.29, 1.82) is 0 Å². The number of hydrogen-bond acceptors (Lipinski definition) is 4. The number of carbonyl (C=O) groups is 1. The first-order valence-electron chi connectivity index (χ1n) is 8.92. The van der Waals surface area contributed by atoms with E-state index in [1.165, 1.54) is 11.1 Å². The SMILES string of the molecule is COc1cccc(/C=N/NC(=O)c2ccc(CSCc3ccccc3)cc2)c1. The van der Waals surface area contributed by atoms with Crippen LogP contribution in [0.2, 0.25) is 0 Å². The van der Waals surface area contributed by atoms with E-state index in [-0.39, 0.29) is 5.91 Å². The first-order chi connectivity index (χ1) is 13.7. The second-order valence-corrected chi connectivity index (χ2v) is 7.14. The predicted molar refractivity (Wildman–Crippen MR) is 116 cm³/mol. The summed E-state index contributed by atoms with van der Waals surface area (Å²) in [6, 6.07) is 25.5. The Morgan fingerprint density at radius 2 is 1.68 bits per heavy atom. The van der Waals surface area contributed by atoms with Crippen LogP contribution in [0.25, 0.3) is 0 Å². The Labute approximate surface area is 169 Å². The van der Waals surface area contributed by atoms with Gasteiger partial charge in [0, 0.05) is 17.1 Å². The molecule has 0 saturated heterocycles. The maximum atomic E-state index is 12.2. The average Bonchev–Trinajstić information content (AvgIpc) is 2.75. The van der Waals surface area contributed by atoms with E-state index in [0.717, 1.165) is 22.8 Å². The van der Waals surface area contributed by atoms with Gasteiger partial charge in [-0.2, -0.15) is 16.9 Å². The van der Waals surface area contributed by atoms with E-state index in [1.807, 2.05) is 66.4 Å². The molecule has 1 amide bonds. The van der Waals surface area contributed by atoms with Crippen LogP contribution in [0, 0.1) is 0 Å². The molecule has 1 N–H and O–H groups in total. The molecule has 3 rings (SSSR count). The Kier molecular flexibility index (Phi) is 7.27. The summed E-state index contributed by atoms with van der Waals surface area (Å²) in [6.07, 6.45) is 1.59. The summed E-state index contributed by atoms with van der Waals surface area (Å²) < 4.78 is 5.17. The van der Waals surface area contributed by atoms with Crippen molar-refractivity contribution in [3.8, 4) is 5.75 Å². The molecule has 142 valence electrons. The number of benzene rings is 3. The molecule has 0 spiro atoms. The Hall–Kier alpha value is -3.05. The number of carbonyl (C=O) groups excluding carboxylic acids is 1. The highest BCUT2D eigenvalue weighted by atomic mass is 32.2. The average molecular weight is 391 g/mol. The van der Waals surface area contributed by atoms with Crippen LogP contribution < -0.4 is 10.2 Å². The van der Waals surface area contributed by atoms with Crippen LogP contribution in [0.5, 0.6) is 5.75 Å². The number of methoxy groups -OCH3 is 1.